The molecule has 1 aromatic rings. The molecule has 1 rings (SSSR count). The van der Waals surface area contributed by atoms with Crippen LogP contribution in [0.1, 0.15) is 18.9 Å². The van der Waals surface area contributed by atoms with Crippen molar-refractivity contribution in [2.75, 3.05) is 12.8 Å². The van der Waals surface area contributed by atoms with Crippen molar-refractivity contribution in [3.8, 4) is 0 Å². The average Bonchev–Trinajstić information content (AvgIpc) is 2.23. The summed E-state index contributed by atoms with van der Waals surface area (Å²) in [5, 5.41) is 0. The number of nitrogens with zero attached hydrogens (tertiary/aromatic N) is 1. The van der Waals surface area contributed by atoms with Crippen molar-refractivity contribution in [2.24, 2.45) is 0 Å². The van der Waals surface area contributed by atoms with Gasteiger partial charge in [0, 0.05) is 13.6 Å². The zero-order chi connectivity index (χ0) is 13.1. The highest BCUT2D eigenvalue weighted by atomic mass is 79.9. The van der Waals surface area contributed by atoms with Crippen LogP contribution in [-0.2, 0) is 16.6 Å². The molecular weight excluding hydrogens is 309 g/mol. The summed E-state index contributed by atoms with van der Waals surface area (Å²) in [6.07, 6.45) is 0.571. The Labute approximate surface area is 110 Å². The van der Waals surface area contributed by atoms with Gasteiger partial charge in [0.1, 0.15) is 5.82 Å². The predicted molar refractivity (Wildman–Crippen MR) is 69.6 cm³/mol. The molecule has 0 heterocycles. The lowest BCUT2D eigenvalue weighted by molar-refractivity contribution is 0.464. The molecule has 6 heteroatoms. The molecule has 0 unspecified atom stereocenters. The third-order valence-electron chi connectivity index (χ3n) is 2.33. The smallest absolute Gasteiger partial charge is 0.212 e. The first-order valence-corrected chi connectivity index (χ1v) is 7.65. The monoisotopic (exact) mass is 323 g/mol. The van der Waals surface area contributed by atoms with Gasteiger partial charge < -0.3 is 0 Å². The van der Waals surface area contributed by atoms with Gasteiger partial charge in [-0.1, -0.05) is 13.0 Å². The first-order valence-electron chi connectivity index (χ1n) is 5.24. The summed E-state index contributed by atoms with van der Waals surface area (Å²) in [6.45, 7) is 2.00. The predicted octanol–water partition coefficient (Wildman–Crippen LogP) is 2.76. The number of benzene rings is 1. The first-order chi connectivity index (χ1) is 7.86. The fraction of sp³-hybridized carbons (Fsp3) is 0.455. The standard InChI is InChI=1S/C11H15BrFNO2S/c1-3-6-17(15,16)14(2)8-9-4-5-10(12)11(13)7-9/h4-5,7H,3,6,8H2,1-2H3. The maximum absolute atomic E-state index is 13.3. The molecule has 0 aliphatic carbocycles. The molecular formula is C11H15BrFNO2S. The maximum atomic E-state index is 13.3. The van der Waals surface area contributed by atoms with Gasteiger partial charge in [-0.25, -0.2) is 17.1 Å². The summed E-state index contributed by atoms with van der Waals surface area (Å²) < 4.78 is 38.3. The van der Waals surface area contributed by atoms with Gasteiger partial charge in [-0.05, 0) is 40.0 Å². The highest BCUT2D eigenvalue weighted by Gasteiger charge is 2.16. The quantitative estimate of drug-likeness (QED) is 0.835. The summed E-state index contributed by atoms with van der Waals surface area (Å²) in [7, 11) is -1.73. The minimum absolute atomic E-state index is 0.114. The van der Waals surface area contributed by atoms with Crippen molar-refractivity contribution in [3.05, 3.63) is 34.1 Å². The number of hydrogen-bond donors (Lipinski definition) is 0. The highest BCUT2D eigenvalue weighted by Crippen LogP contribution is 2.18. The van der Waals surface area contributed by atoms with Crippen LogP contribution in [0.3, 0.4) is 0 Å². The first kappa shape index (κ1) is 14.6. The van der Waals surface area contributed by atoms with E-state index in [2.05, 4.69) is 15.9 Å². The number of rotatable bonds is 5. The zero-order valence-corrected chi connectivity index (χ0v) is 12.2. The summed E-state index contributed by atoms with van der Waals surface area (Å²) in [4.78, 5) is 0. The van der Waals surface area contributed by atoms with Crippen molar-refractivity contribution in [1.82, 2.24) is 4.31 Å². The fourth-order valence-electron chi connectivity index (χ4n) is 1.41. The third kappa shape index (κ3) is 4.04. The van der Waals surface area contributed by atoms with Crippen LogP contribution in [0.25, 0.3) is 0 Å². The lowest BCUT2D eigenvalue weighted by atomic mass is 10.2. The SMILES string of the molecule is CCCS(=O)(=O)N(C)Cc1ccc(Br)c(F)c1. The largest absolute Gasteiger partial charge is 0.214 e. The van der Waals surface area contributed by atoms with Crippen molar-refractivity contribution < 1.29 is 12.8 Å². The topological polar surface area (TPSA) is 37.4 Å². The van der Waals surface area contributed by atoms with Crippen LogP contribution in [0.15, 0.2) is 22.7 Å². The van der Waals surface area contributed by atoms with Gasteiger partial charge in [0.2, 0.25) is 10.0 Å². The normalized spacial score (nSPS) is 12.1. The van der Waals surface area contributed by atoms with Crippen LogP contribution in [0, 0.1) is 5.82 Å². The molecule has 0 bridgehead atoms. The molecule has 96 valence electrons. The van der Waals surface area contributed by atoms with Crippen molar-refractivity contribution in [2.45, 2.75) is 19.9 Å². The molecule has 0 radical (unpaired) electrons. The third-order valence-corrected chi connectivity index (χ3v) is 4.97. The molecule has 0 fully saturated rings. The van der Waals surface area contributed by atoms with E-state index in [1.165, 1.54) is 17.4 Å². The molecule has 17 heavy (non-hydrogen) atoms. The molecule has 0 atom stereocenters. The van der Waals surface area contributed by atoms with E-state index < -0.39 is 10.0 Å². The Hall–Kier alpha value is -0.460. The fourth-order valence-corrected chi connectivity index (χ4v) is 2.83. The number of halogens is 2. The van der Waals surface area contributed by atoms with Crippen LogP contribution in [0.2, 0.25) is 0 Å². The average molecular weight is 324 g/mol. The van der Waals surface area contributed by atoms with Gasteiger partial charge in [0.05, 0.1) is 10.2 Å². The van der Waals surface area contributed by atoms with Crippen molar-refractivity contribution in [1.29, 1.82) is 0 Å². The molecule has 3 nitrogen and oxygen atoms in total. The van der Waals surface area contributed by atoms with Gasteiger partial charge in [-0.15, -0.1) is 0 Å². The molecule has 1 aromatic carbocycles. The molecule has 0 spiro atoms. The van der Waals surface area contributed by atoms with Crippen LogP contribution >= 0.6 is 15.9 Å². The molecule has 0 saturated heterocycles. The van der Waals surface area contributed by atoms with Crippen LogP contribution in [0.4, 0.5) is 4.39 Å². The minimum atomic E-state index is -3.23. The number of sulfonamides is 1. The Kier molecular flexibility index (Phi) is 5.09. The van der Waals surface area contributed by atoms with E-state index in [-0.39, 0.29) is 18.1 Å². The van der Waals surface area contributed by atoms with E-state index in [1.807, 2.05) is 6.92 Å². The Bertz CT molecular complexity index is 490. The molecule has 0 aliphatic heterocycles. The molecule has 0 saturated carbocycles. The zero-order valence-electron chi connectivity index (χ0n) is 9.78. The van der Waals surface area contributed by atoms with Crippen LogP contribution < -0.4 is 0 Å². The second-order valence-electron chi connectivity index (χ2n) is 3.82. The van der Waals surface area contributed by atoms with E-state index in [4.69, 9.17) is 0 Å². The highest BCUT2D eigenvalue weighted by molar-refractivity contribution is 9.10. The van der Waals surface area contributed by atoms with Gasteiger partial charge >= 0.3 is 0 Å². The van der Waals surface area contributed by atoms with Gasteiger partial charge in [0.25, 0.3) is 0 Å². The van der Waals surface area contributed by atoms with E-state index >= 15 is 0 Å². The second kappa shape index (κ2) is 5.93. The lowest BCUT2D eigenvalue weighted by Crippen LogP contribution is -2.28. The van der Waals surface area contributed by atoms with E-state index in [0.29, 0.717) is 16.5 Å². The summed E-state index contributed by atoms with van der Waals surface area (Å²) in [5.74, 6) is -0.272. The van der Waals surface area contributed by atoms with Crippen LogP contribution in [-0.4, -0.2) is 25.5 Å². The second-order valence-corrected chi connectivity index (χ2v) is 6.87. The van der Waals surface area contributed by atoms with Crippen molar-refractivity contribution in [3.63, 3.8) is 0 Å². The summed E-state index contributed by atoms with van der Waals surface area (Å²) >= 11 is 3.05. The Morgan fingerprint density at radius 1 is 1.41 bits per heavy atom. The Morgan fingerprint density at radius 3 is 2.59 bits per heavy atom. The van der Waals surface area contributed by atoms with E-state index in [9.17, 15) is 12.8 Å². The van der Waals surface area contributed by atoms with Gasteiger partial charge in [0.15, 0.2) is 0 Å². The summed E-state index contributed by atoms with van der Waals surface area (Å²) in [6, 6.07) is 4.61. The molecule has 0 aromatic heterocycles. The molecule has 0 amide bonds. The Morgan fingerprint density at radius 2 is 2.06 bits per heavy atom. The molecule has 0 N–H and O–H groups in total. The van der Waals surface area contributed by atoms with Crippen molar-refractivity contribution >= 4 is 26.0 Å². The number of hydrogen-bond acceptors (Lipinski definition) is 2. The van der Waals surface area contributed by atoms with E-state index in [0.717, 1.165) is 0 Å². The van der Waals surface area contributed by atoms with E-state index in [1.54, 1.807) is 12.1 Å². The Balaban J connectivity index is 2.81. The molecule has 0 aliphatic rings. The van der Waals surface area contributed by atoms with Crippen LogP contribution in [0.5, 0.6) is 0 Å². The van der Waals surface area contributed by atoms with Gasteiger partial charge in [-0.2, -0.15) is 0 Å². The maximum Gasteiger partial charge on any atom is 0.214 e. The summed E-state index contributed by atoms with van der Waals surface area (Å²) in [5.41, 5.74) is 0.632. The lowest BCUT2D eigenvalue weighted by Gasteiger charge is -2.16. The van der Waals surface area contributed by atoms with Gasteiger partial charge in [-0.3, -0.25) is 0 Å². The minimum Gasteiger partial charge on any atom is -0.212 e.